The molecule has 0 saturated carbocycles. The summed E-state index contributed by atoms with van der Waals surface area (Å²) in [4.78, 5) is 35.9. The van der Waals surface area contributed by atoms with Crippen molar-refractivity contribution >= 4 is 11.8 Å². The van der Waals surface area contributed by atoms with Crippen molar-refractivity contribution in [3.8, 4) is 0 Å². The third kappa shape index (κ3) is 4.74. The molecule has 0 aliphatic carbocycles. The monoisotopic (exact) mass is 239 g/mol. The first-order chi connectivity index (χ1) is 8.09. The first-order valence-corrected chi connectivity index (χ1v) is 4.61. The van der Waals surface area contributed by atoms with Crippen LogP contribution in [-0.2, 0) is 14.4 Å². The first-order valence-electron chi connectivity index (χ1n) is 4.61. The first kappa shape index (κ1) is 12.6. The molecule has 7 heteroatoms. The Kier molecular flexibility index (Phi) is 4.61. The van der Waals surface area contributed by atoms with E-state index in [2.05, 4.69) is 9.57 Å². The number of ketones is 1. The Morgan fingerprint density at radius 3 is 2.41 bits per heavy atom. The predicted octanol–water partition coefficient (Wildman–Crippen LogP) is 0.621. The average Bonchev–Trinajstić information content (AvgIpc) is 2.34. The quantitative estimate of drug-likeness (QED) is 0.312. The molecule has 0 fully saturated rings. The van der Waals surface area contributed by atoms with Gasteiger partial charge >= 0.3 is 5.97 Å². The van der Waals surface area contributed by atoms with Gasteiger partial charge in [-0.1, -0.05) is 30.3 Å². The molecule has 0 radical (unpaired) electrons. The van der Waals surface area contributed by atoms with Crippen LogP contribution >= 0.6 is 0 Å². The molecule has 0 bridgehead atoms. The van der Waals surface area contributed by atoms with E-state index < -0.39 is 24.3 Å². The molecule has 90 valence electrons. The molecule has 0 atom stereocenters. The fourth-order valence-corrected chi connectivity index (χ4v) is 1.00. The largest absolute Gasteiger partial charge is 0.456 e. The summed E-state index contributed by atoms with van der Waals surface area (Å²) in [7, 11) is 0. The number of carbonyl (C=O) groups excluding carboxylic acids is 2. The van der Waals surface area contributed by atoms with Crippen LogP contribution in [0.25, 0.3) is 0 Å². The van der Waals surface area contributed by atoms with E-state index >= 15 is 0 Å². The van der Waals surface area contributed by atoms with Gasteiger partial charge in [0, 0.05) is 5.56 Å². The zero-order chi connectivity index (χ0) is 12.7. The molecule has 0 aromatic heterocycles. The number of nitrogens with zero attached hydrogens (tertiary/aromatic N) is 1. The second-order valence-corrected chi connectivity index (χ2v) is 2.95. The summed E-state index contributed by atoms with van der Waals surface area (Å²) in [5, 5.41) is 8.66. The summed E-state index contributed by atoms with van der Waals surface area (Å²) >= 11 is 0. The molecule has 0 heterocycles. The van der Waals surface area contributed by atoms with Gasteiger partial charge in [0.15, 0.2) is 19.0 Å². The van der Waals surface area contributed by atoms with Crippen LogP contribution in [0.15, 0.2) is 30.3 Å². The maximum Gasteiger partial charge on any atom is 0.332 e. The molecule has 0 aliphatic rings. The number of hydrogen-bond donors (Lipinski definition) is 0. The van der Waals surface area contributed by atoms with Crippen LogP contribution in [0.4, 0.5) is 0 Å². The maximum atomic E-state index is 11.4. The molecular formula is C10H9NO6. The molecule has 17 heavy (non-hydrogen) atoms. The van der Waals surface area contributed by atoms with Crippen LogP contribution in [0.1, 0.15) is 10.4 Å². The Balaban J connectivity index is 2.34. The van der Waals surface area contributed by atoms with E-state index in [1.54, 1.807) is 30.3 Å². The van der Waals surface area contributed by atoms with Crippen molar-refractivity contribution in [2.24, 2.45) is 0 Å². The molecular weight excluding hydrogens is 230 g/mol. The van der Waals surface area contributed by atoms with Crippen molar-refractivity contribution in [2.45, 2.75) is 0 Å². The van der Waals surface area contributed by atoms with Crippen LogP contribution in [0.3, 0.4) is 0 Å². The molecule has 0 spiro atoms. The standard InChI is InChI=1S/C10H9NO6/c12-9(8-4-2-1-3-5-8)6-16-10(13)7-17-11(14)15/h1-5H,6-7H2. The fraction of sp³-hybridized carbons (Fsp3) is 0.200. The second kappa shape index (κ2) is 6.21. The topological polar surface area (TPSA) is 95.7 Å². The Bertz CT molecular complexity index is 416. The molecule has 0 saturated heterocycles. The van der Waals surface area contributed by atoms with Crippen molar-refractivity contribution in [2.75, 3.05) is 13.2 Å². The average molecular weight is 239 g/mol. The minimum absolute atomic E-state index is 0.389. The number of rotatable bonds is 6. The zero-order valence-electron chi connectivity index (χ0n) is 8.70. The van der Waals surface area contributed by atoms with E-state index in [-0.39, 0.29) is 5.78 Å². The Morgan fingerprint density at radius 2 is 1.82 bits per heavy atom. The van der Waals surface area contributed by atoms with E-state index in [0.29, 0.717) is 5.56 Å². The molecule has 0 unspecified atom stereocenters. The second-order valence-electron chi connectivity index (χ2n) is 2.95. The van der Waals surface area contributed by atoms with Crippen molar-refractivity contribution < 1.29 is 24.3 Å². The van der Waals surface area contributed by atoms with Gasteiger partial charge in [-0.3, -0.25) is 4.79 Å². The molecule has 0 aliphatic heterocycles. The van der Waals surface area contributed by atoms with E-state index in [0.717, 1.165) is 0 Å². The summed E-state index contributed by atoms with van der Waals surface area (Å²) in [6, 6.07) is 8.23. The van der Waals surface area contributed by atoms with E-state index in [9.17, 15) is 19.7 Å². The van der Waals surface area contributed by atoms with Crippen LogP contribution < -0.4 is 0 Å². The summed E-state index contributed by atoms with van der Waals surface area (Å²) in [5.41, 5.74) is 0.399. The summed E-state index contributed by atoms with van der Waals surface area (Å²) in [6.45, 7) is -1.29. The molecule has 0 N–H and O–H groups in total. The van der Waals surface area contributed by atoms with Crippen LogP contribution in [0, 0.1) is 10.1 Å². The highest BCUT2D eigenvalue weighted by atomic mass is 17.0. The van der Waals surface area contributed by atoms with Gasteiger partial charge in [-0.2, -0.15) is 0 Å². The van der Waals surface area contributed by atoms with Crippen molar-refractivity contribution in [3.05, 3.63) is 46.0 Å². The van der Waals surface area contributed by atoms with Crippen LogP contribution in [0.5, 0.6) is 0 Å². The minimum Gasteiger partial charge on any atom is -0.456 e. The lowest BCUT2D eigenvalue weighted by molar-refractivity contribution is -0.754. The molecule has 7 nitrogen and oxygen atoms in total. The van der Waals surface area contributed by atoms with Gasteiger partial charge < -0.3 is 9.57 Å². The number of esters is 1. The number of benzene rings is 1. The lowest BCUT2D eigenvalue weighted by atomic mass is 10.1. The van der Waals surface area contributed by atoms with Gasteiger partial charge in [0.05, 0.1) is 0 Å². The molecule has 1 aromatic rings. The minimum atomic E-state index is -1.11. The molecule has 1 rings (SSSR count). The smallest absolute Gasteiger partial charge is 0.332 e. The van der Waals surface area contributed by atoms with Gasteiger partial charge in [-0.15, -0.1) is 10.1 Å². The highest BCUT2D eigenvalue weighted by Gasteiger charge is 2.10. The third-order valence-electron chi connectivity index (χ3n) is 1.75. The lowest BCUT2D eigenvalue weighted by Gasteiger charge is -2.03. The van der Waals surface area contributed by atoms with Crippen LogP contribution in [-0.4, -0.2) is 30.1 Å². The molecule has 1 aromatic carbocycles. The van der Waals surface area contributed by atoms with E-state index in [4.69, 9.17) is 0 Å². The SMILES string of the molecule is O=C(CO[N+](=O)[O-])OCC(=O)c1ccccc1. The zero-order valence-corrected chi connectivity index (χ0v) is 8.70. The Morgan fingerprint density at radius 1 is 1.18 bits per heavy atom. The van der Waals surface area contributed by atoms with Gasteiger partial charge in [-0.05, 0) is 0 Å². The van der Waals surface area contributed by atoms with Crippen molar-refractivity contribution in [1.29, 1.82) is 0 Å². The van der Waals surface area contributed by atoms with Crippen LogP contribution in [0.2, 0.25) is 0 Å². The Hall–Kier alpha value is -2.44. The highest BCUT2D eigenvalue weighted by Crippen LogP contribution is 2.00. The van der Waals surface area contributed by atoms with Gasteiger partial charge in [0.25, 0.3) is 5.09 Å². The number of hydrogen-bond acceptors (Lipinski definition) is 6. The van der Waals surface area contributed by atoms with Crippen molar-refractivity contribution in [1.82, 2.24) is 0 Å². The third-order valence-corrected chi connectivity index (χ3v) is 1.75. The molecule has 0 amide bonds. The van der Waals surface area contributed by atoms with E-state index in [1.807, 2.05) is 0 Å². The predicted molar refractivity (Wildman–Crippen MR) is 54.7 cm³/mol. The lowest BCUT2D eigenvalue weighted by Crippen LogP contribution is -2.19. The number of Topliss-reactive ketones (excluding diaryl/α,β-unsaturated/α-hetero) is 1. The fourth-order valence-electron chi connectivity index (χ4n) is 1.00. The summed E-state index contributed by atoms with van der Waals surface area (Å²) in [6.07, 6.45) is 0. The van der Waals surface area contributed by atoms with E-state index in [1.165, 1.54) is 0 Å². The highest BCUT2D eigenvalue weighted by molar-refractivity contribution is 5.97. The Labute approximate surface area is 96.0 Å². The van der Waals surface area contributed by atoms with Gasteiger partial charge in [0.1, 0.15) is 0 Å². The number of carbonyl (C=O) groups is 2. The summed E-state index contributed by atoms with van der Waals surface area (Å²) in [5.74, 6) is -1.36. The maximum absolute atomic E-state index is 11.4. The normalized spacial score (nSPS) is 9.41. The van der Waals surface area contributed by atoms with Gasteiger partial charge in [0.2, 0.25) is 0 Å². The number of ether oxygens (including phenoxy) is 1. The summed E-state index contributed by atoms with van der Waals surface area (Å²) < 4.78 is 4.49. The van der Waals surface area contributed by atoms with Crippen molar-refractivity contribution in [3.63, 3.8) is 0 Å². The van der Waals surface area contributed by atoms with Gasteiger partial charge in [-0.25, -0.2) is 4.79 Å².